The Kier molecular flexibility index (Phi) is 10.0. The Labute approximate surface area is 159 Å². The molecule has 1 atom stereocenters. The molecule has 5 heteroatoms. The number of piperidine rings is 1. The molecular formula is C21H38N2O3. The van der Waals surface area contributed by atoms with Crippen molar-refractivity contribution in [1.29, 1.82) is 0 Å². The quantitative estimate of drug-likeness (QED) is 0.665. The largest absolute Gasteiger partial charge is 0.385 e. The second-order valence-electron chi connectivity index (χ2n) is 7.98. The first-order chi connectivity index (χ1) is 12.7. The molecule has 2 aliphatic rings. The minimum Gasteiger partial charge on any atom is -0.385 e. The number of hydrogen-bond acceptors (Lipinski definition) is 3. The average molecular weight is 367 g/mol. The summed E-state index contributed by atoms with van der Waals surface area (Å²) in [7, 11) is 1.72. The summed E-state index contributed by atoms with van der Waals surface area (Å²) in [6, 6.07) is 0.648. The number of methoxy groups -OCH3 is 1. The van der Waals surface area contributed by atoms with Crippen LogP contribution in [0.3, 0.4) is 0 Å². The molecule has 0 spiro atoms. The normalized spacial score (nSPS) is 22.5. The lowest BCUT2D eigenvalue weighted by Crippen LogP contribution is -2.44. The average Bonchev–Trinajstić information content (AvgIpc) is 2.62. The van der Waals surface area contributed by atoms with Gasteiger partial charge in [0.1, 0.15) is 0 Å². The number of hydrogen-bond donors (Lipinski definition) is 1. The van der Waals surface area contributed by atoms with Gasteiger partial charge in [0, 0.05) is 45.2 Å². The van der Waals surface area contributed by atoms with Crippen LogP contribution in [0.25, 0.3) is 0 Å². The van der Waals surface area contributed by atoms with Gasteiger partial charge in [-0.2, -0.15) is 0 Å². The highest BCUT2D eigenvalue weighted by molar-refractivity contribution is 5.84. The van der Waals surface area contributed by atoms with Crippen LogP contribution in [0.1, 0.15) is 89.9 Å². The second-order valence-corrected chi connectivity index (χ2v) is 7.98. The number of ether oxygens (including phenoxy) is 1. The van der Waals surface area contributed by atoms with Gasteiger partial charge >= 0.3 is 0 Å². The van der Waals surface area contributed by atoms with E-state index in [0.717, 1.165) is 51.7 Å². The summed E-state index contributed by atoms with van der Waals surface area (Å²) in [5, 5.41) is 3.17. The maximum Gasteiger partial charge on any atom is 0.223 e. The lowest BCUT2D eigenvalue weighted by atomic mass is 9.96. The van der Waals surface area contributed by atoms with E-state index in [1.165, 1.54) is 38.5 Å². The highest BCUT2D eigenvalue weighted by atomic mass is 16.5. The summed E-state index contributed by atoms with van der Waals surface area (Å²) in [5.41, 5.74) is 0. The van der Waals surface area contributed by atoms with Crippen molar-refractivity contribution in [3.8, 4) is 0 Å². The van der Waals surface area contributed by atoms with Crippen LogP contribution < -0.4 is 5.32 Å². The number of carbonyl (C=O) groups is 2. The van der Waals surface area contributed by atoms with E-state index in [1.807, 2.05) is 4.90 Å². The Morgan fingerprint density at radius 1 is 0.962 bits per heavy atom. The lowest BCUT2D eigenvalue weighted by molar-refractivity contribution is -0.137. The van der Waals surface area contributed by atoms with E-state index < -0.39 is 0 Å². The van der Waals surface area contributed by atoms with E-state index in [9.17, 15) is 9.59 Å². The van der Waals surface area contributed by atoms with Crippen LogP contribution in [0.15, 0.2) is 0 Å². The summed E-state index contributed by atoms with van der Waals surface area (Å²) < 4.78 is 5.14. The third-order valence-electron chi connectivity index (χ3n) is 5.87. The van der Waals surface area contributed by atoms with Crippen LogP contribution in [-0.4, -0.2) is 49.1 Å². The molecule has 2 amide bonds. The third kappa shape index (κ3) is 7.65. The van der Waals surface area contributed by atoms with Crippen LogP contribution in [0.5, 0.6) is 0 Å². The molecule has 1 N–H and O–H groups in total. The molecule has 2 fully saturated rings. The Morgan fingerprint density at radius 2 is 1.65 bits per heavy atom. The fourth-order valence-corrected chi connectivity index (χ4v) is 4.36. The van der Waals surface area contributed by atoms with Crippen LogP contribution in [0, 0.1) is 0 Å². The lowest BCUT2D eigenvalue weighted by Gasteiger charge is -2.36. The monoisotopic (exact) mass is 366 g/mol. The van der Waals surface area contributed by atoms with Crippen molar-refractivity contribution < 1.29 is 14.3 Å². The van der Waals surface area contributed by atoms with Crippen molar-refractivity contribution in [2.75, 3.05) is 20.3 Å². The molecule has 0 bridgehead atoms. The van der Waals surface area contributed by atoms with Crippen molar-refractivity contribution in [2.24, 2.45) is 0 Å². The topological polar surface area (TPSA) is 58.6 Å². The van der Waals surface area contributed by atoms with Crippen LogP contribution in [-0.2, 0) is 14.3 Å². The van der Waals surface area contributed by atoms with Crippen LogP contribution in [0.4, 0.5) is 0 Å². The molecule has 150 valence electrons. The van der Waals surface area contributed by atoms with Crippen LogP contribution >= 0.6 is 0 Å². The molecule has 2 rings (SSSR count). The minimum atomic E-state index is 0.0527. The van der Waals surface area contributed by atoms with Gasteiger partial charge < -0.3 is 15.0 Å². The molecule has 0 aromatic rings. The van der Waals surface area contributed by atoms with Gasteiger partial charge in [0.15, 0.2) is 0 Å². The number of amides is 2. The molecule has 1 saturated carbocycles. The zero-order valence-electron chi connectivity index (χ0n) is 16.6. The SMILES string of the molecule is COCCC[C@H]1CCCCN1C(=O)CCC(=O)NC1CCCCCCC1. The number of rotatable bonds is 8. The van der Waals surface area contributed by atoms with E-state index >= 15 is 0 Å². The molecule has 1 saturated heterocycles. The van der Waals surface area contributed by atoms with Crippen molar-refractivity contribution in [1.82, 2.24) is 10.2 Å². The van der Waals surface area contributed by atoms with Gasteiger partial charge in [-0.15, -0.1) is 0 Å². The predicted molar refractivity (Wildman–Crippen MR) is 104 cm³/mol. The van der Waals surface area contributed by atoms with Gasteiger partial charge in [0.25, 0.3) is 0 Å². The zero-order valence-corrected chi connectivity index (χ0v) is 16.6. The van der Waals surface area contributed by atoms with Crippen molar-refractivity contribution in [3.63, 3.8) is 0 Å². The van der Waals surface area contributed by atoms with E-state index in [4.69, 9.17) is 4.74 Å². The first-order valence-corrected chi connectivity index (χ1v) is 10.8. The molecule has 1 heterocycles. The minimum absolute atomic E-state index is 0.0527. The molecule has 0 aromatic heterocycles. The summed E-state index contributed by atoms with van der Waals surface area (Å²) >= 11 is 0. The van der Waals surface area contributed by atoms with Gasteiger partial charge in [-0.05, 0) is 44.9 Å². The summed E-state index contributed by atoms with van der Waals surface area (Å²) in [5.74, 6) is 0.205. The van der Waals surface area contributed by atoms with Crippen molar-refractivity contribution in [3.05, 3.63) is 0 Å². The van der Waals surface area contributed by atoms with Gasteiger partial charge in [-0.25, -0.2) is 0 Å². The molecular weight excluding hydrogens is 328 g/mol. The number of nitrogens with zero attached hydrogens (tertiary/aromatic N) is 1. The first-order valence-electron chi connectivity index (χ1n) is 10.8. The Morgan fingerprint density at radius 3 is 2.38 bits per heavy atom. The predicted octanol–water partition coefficient (Wildman–Crippen LogP) is 3.80. The molecule has 26 heavy (non-hydrogen) atoms. The summed E-state index contributed by atoms with van der Waals surface area (Å²) in [6.07, 6.45) is 14.5. The van der Waals surface area contributed by atoms with Gasteiger partial charge in [0.2, 0.25) is 11.8 Å². The Bertz CT molecular complexity index is 419. The van der Waals surface area contributed by atoms with Gasteiger partial charge in [-0.3, -0.25) is 9.59 Å². The van der Waals surface area contributed by atoms with Crippen molar-refractivity contribution >= 4 is 11.8 Å². The standard InChI is InChI=1S/C21H38N2O3/c1-26-17-9-13-19-12-7-8-16-23(19)21(25)15-14-20(24)22-18-10-5-3-2-4-6-11-18/h18-19H,2-17H2,1H3,(H,22,24)/t19-/m1/s1. The third-order valence-corrected chi connectivity index (χ3v) is 5.87. The molecule has 0 radical (unpaired) electrons. The Hall–Kier alpha value is -1.10. The smallest absolute Gasteiger partial charge is 0.223 e. The van der Waals surface area contributed by atoms with Gasteiger partial charge in [-0.1, -0.05) is 32.1 Å². The first kappa shape index (κ1) is 21.2. The summed E-state index contributed by atoms with van der Waals surface area (Å²) in [6.45, 7) is 1.60. The fourth-order valence-electron chi connectivity index (χ4n) is 4.36. The second kappa shape index (κ2) is 12.3. The summed E-state index contributed by atoms with van der Waals surface area (Å²) in [4.78, 5) is 27.0. The molecule has 1 aliphatic heterocycles. The number of likely N-dealkylation sites (tertiary alicyclic amines) is 1. The Balaban J connectivity index is 1.72. The highest BCUT2D eigenvalue weighted by Crippen LogP contribution is 2.22. The van der Waals surface area contributed by atoms with E-state index in [0.29, 0.717) is 24.9 Å². The number of carbonyl (C=O) groups excluding carboxylic acids is 2. The highest BCUT2D eigenvalue weighted by Gasteiger charge is 2.26. The molecule has 1 aliphatic carbocycles. The molecule has 0 aromatic carbocycles. The van der Waals surface area contributed by atoms with Crippen molar-refractivity contribution in [2.45, 2.75) is 102 Å². The van der Waals surface area contributed by atoms with E-state index in [-0.39, 0.29) is 11.8 Å². The van der Waals surface area contributed by atoms with E-state index in [2.05, 4.69) is 5.32 Å². The fraction of sp³-hybridized carbons (Fsp3) is 0.905. The van der Waals surface area contributed by atoms with E-state index in [1.54, 1.807) is 7.11 Å². The maximum atomic E-state index is 12.7. The molecule has 0 unspecified atom stereocenters. The number of nitrogens with one attached hydrogen (secondary N) is 1. The maximum absolute atomic E-state index is 12.7. The zero-order chi connectivity index (χ0) is 18.6. The molecule has 5 nitrogen and oxygen atoms in total. The van der Waals surface area contributed by atoms with Gasteiger partial charge in [0.05, 0.1) is 0 Å². The van der Waals surface area contributed by atoms with Crippen LogP contribution in [0.2, 0.25) is 0 Å².